The van der Waals surface area contributed by atoms with Crippen LogP contribution >= 0.6 is 0 Å². The Bertz CT molecular complexity index is 314. The molecule has 0 aromatic rings. The fourth-order valence-corrected chi connectivity index (χ4v) is 1.35. The third-order valence-electron chi connectivity index (χ3n) is 2.01. The summed E-state index contributed by atoms with van der Waals surface area (Å²) < 4.78 is 13.6. The van der Waals surface area contributed by atoms with Gasteiger partial charge in [0.15, 0.2) is 0 Å². The second-order valence-corrected chi connectivity index (χ2v) is 3.45. The molecule has 0 aliphatic heterocycles. The van der Waals surface area contributed by atoms with Gasteiger partial charge in [-0.2, -0.15) is 0 Å². The van der Waals surface area contributed by atoms with E-state index in [-0.39, 0.29) is 19.3 Å². The largest absolute Gasteiger partial charge is 0.435 e. The topological polar surface area (TPSA) is 78.9 Å². The summed E-state index contributed by atoms with van der Waals surface area (Å²) in [5.41, 5.74) is 0. The third kappa shape index (κ3) is 8.37. The van der Waals surface area contributed by atoms with E-state index in [9.17, 15) is 14.4 Å². The highest BCUT2D eigenvalue weighted by Crippen LogP contribution is 2.16. The summed E-state index contributed by atoms with van der Waals surface area (Å²) in [5, 5.41) is 0. The molecule has 0 bridgehead atoms. The van der Waals surface area contributed by atoms with Crippen LogP contribution in [0.2, 0.25) is 0 Å². The maximum Gasteiger partial charge on any atom is 0.310 e. The fraction of sp³-hybridized carbons (Fsp3) is 0.308. The van der Waals surface area contributed by atoms with Crippen molar-refractivity contribution in [3.05, 3.63) is 38.5 Å². The van der Waals surface area contributed by atoms with Crippen LogP contribution < -0.4 is 0 Å². The van der Waals surface area contributed by atoms with Crippen LogP contribution in [0.15, 0.2) is 38.5 Å². The second kappa shape index (κ2) is 9.64. The van der Waals surface area contributed by atoms with E-state index < -0.39 is 23.8 Å². The minimum absolute atomic E-state index is 0.134. The van der Waals surface area contributed by atoms with Gasteiger partial charge in [-0.25, -0.2) is 0 Å². The predicted octanol–water partition coefficient (Wildman–Crippen LogP) is 1.83. The van der Waals surface area contributed by atoms with Crippen molar-refractivity contribution in [3.8, 4) is 0 Å². The highest BCUT2D eigenvalue weighted by molar-refractivity contribution is 5.77. The summed E-state index contributed by atoms with van der Waals surface area (Å²) in [6, 6.07) is 0. The molecule has 19 heavy (non-hydrogen) atoms. The Balaban J connectivity index is 4.52. The Hall–Kier alpha value is -2.37. The molecule has 0 radical (unpaired) electrons. The van der Waals surface area contributed by atoms with Crippen LogP contribution in [0.4, 0.5) is 0 Å². The first-order valence-corrected chi connectivity index (χ1v) is 5.44. The highest BCUT2D eigenvalue weighted by Gasteiger charge is 2.22. The molecule has 0 spiro atoms. The summed E-state index contributed by atoms with van der Waals surface area (Å²) in [7, 11) is 0. The molecular weight excluding hydrogens is 252 g/mol. The molecule has 0 unspecified atom stereocenters. The van der Waals surface area contributed by atoms with Gasteiger partial charge in [-0.15, -0.1) is 0 Å². The molecule has 0 fully saturated rings. The smallest absolute Gasteiger partial charge is 0.310 e. The lowest BCUT2D eigenvalue weighted by Crippen LogP contribution is -2.18. The highest BCUT2D eigenvalue weighted by atomic mass is 16.5. The van der Waals surface area contributed by atoms with Crippen molar-refractivity contribution in [2.45, 2.75) is 19.3 Å². The zero-order valence-corrected chi connectivity index (χ0v) is 10.5. The van der Waals surface area contributed by atoms with E-state index in [0.29, 0.717) is 0 Å². The third-order valence-corrected chi connectivity index (χ3v) is 2.01. The first-order valence-electron chi connectivity index (χ1n) is 5.44. The maximum atomic E-state index is 11.3. The van der Waals surface area contributed by atoms with E-state index in [2.05, 4.69) is 33.9 Å². The van der Waals surface area contributed by atoms with Gasteiger partial charge in [-0.3, -0.25) is 14.4 Å². The number of hydrogen-bond acceptors (Lipinski definition) is 6. The van der Waals surface area contributed by atoms with Crippen LogP contribution in [0, 0.1) is 5.92 Å². The average molecular weight is 268 g/mol. The zero-order valence-electron chi connectivity index (χ0n) is 10.5. The molecule has 0 rings (SSSR count). The summed E-state index contributed by atoms with van der Waals surface area (Å²) in [6.45, 7) is 9.71. The molecule has 0 atom stereocenters. The zero-order chi connectivity index (χ0) is 14.7. The van der Waals surface area contributed by atoms with Crippen molar-refractivity contribution in [1.82, 2.24) is 0 Å². The van der Waals surface area contributed by atoms with Crippen LogP contribution in [0.3, 0.4) is 0 Å². The van der Waals surface area contributed by atoms with Crippen molar-refractivity contribution < 1.29 is 28.6 Å². The van der Waals surface area contributed by atoms with E-state index in [4.69, 9.17) is 0 Å². The first kappa shape index (κ1) is 16.6. The molecule has 0 saturated carbocycles. The molecule has 0 aliphatic rings. The number of esters is 3. The maximum absolute atomic E-state index is 11.3. The van der Waals surface area contributed by atoms with Gasteiger partial charge in [0.25, 0.3) is 0 Å². The lowest BCUT2D eigenvalue weighted by atomic mass is 9.97. The van der Waals surface area contributed by atoms with E-state index in [0.717, 1.165) is 18.8 Å². The number of carbonyl (C=O) groups excluding carboxylic acids is 3. The summed E-state index contributed by atoms with van der Waals surface area (Å²) >= 11 is 0. The number of hydrogen-bond donors (Lipinski definition) is 0. The van der Waals surface area contributed by atoms with Gasteiger partial charge in [0.05, 0.1) is 18.8 Å². The van der Waals surface area contributed by atoms with Crippen LogP contribution in [-0.4, -0.2) is 17.9 Å². The number of rotatable bonds is 9. The van der Waals surface area contributed by atoms with Gasteiger partial charge in [-0.1, -0.05) is 19.7 Å². The summed E-state index contributed by atoms with van der Waals surface area (Å²) in [5.74, 6) is -2.39. The van der Waals surface area contributed by atoms with Crippen LogP contribution in [0.5, 0.6) is 0 Å². The van der Waals surface area contributed by atoms with Crippen molar-refractivity contribution in [2.24, 2.45) is 5.92 Å². The molecule has 0 amide bonds. The van der Waals surface area contributed by atoms with Crippen molar-refractivity contribution in [3.63, 3.8) is 0 Å². The number of ether oxygens (including phenoxy) is 3. The van der Waals surface area contributed by atoms with Crippen molar-refractivity contribution in [2.75, 3.05) is 0 Å². The molecule has 6 nitrogen and oxygen atoms in total. The first-order chi connectivity index (χ1) is 9.03. The Morgan fingerprint density at radius 2 is 1.00 bits per heavy atom. The molecule has 0 aromatic carbocycles. The molecule has 0 N–H and O–H groups in total. The van der Waals surface area contributed by atoms with Gasteiger partial charge >= 0.3 is 17.9 Å². The summed E-state index contributed by atoms with van der Waals surface area (Å²) in [4.78, 5) is 33.9. The van der Waals surface area contributed by atoms with Gasteiger partial charge < -0.3 is 14.2 Å². The Kier molecular flexibility index (Phi) is 8.44. The van der Waals surface area contributed by atoms with Gasteiger partial charge in [0, 0.05) is 19.3 Å². The molecular formula is C13H16O6. The van der Waals surface area contributed by atoms with Gasteiger partial charge in [0.2, 0.25) is 0 Å². The van der Waals surface area contributed by atoms with Gasteiger partial charge in [-0.05, 0) is 5.92 Å². The van der Waals surface area contributed by atoms with E-state index in [1.54, 1.807) is 0 Å². The normalized spacial score (nSPS) is 9.32. The molecule has 104 valence electrons. The molecule has 0 heterocycles. The van der Waals surface area contributed by atoms with Crippen LogP contribution in [0.25, 0.3) is 0 Å². The van der Waals surface area contributed by atoms with Crippen LogP contribution in [0.1, 0.15) is 19.3 Å². The predicted molar refractivity (Wildman–Crippen MR) is 66.2 cm³/mol. The monoisotopic (exact) mass is 268 g/mol. The van der Waals surface area contributed by atoms with E-state index >= 15 is 0 Å². The minimum atomic E-state index is -0.599. The van der Waals surface area contributed by atoms with Crippen LogP contribution in [-0.2, 0) is 28.6 Å². The Morgan fingerprint density at radius 3 is 1.21 bits per heavy atom. The lowest BCUT2D eigenvalue weighted by Gasteiger charge is -2.12. The molecule has 0 aromatic heterocycles. The van der Waals surface area contributed by atoms with E-state index in [1.807, 2.05) is 0 Å². The quantitative estimate of drug-likeness (QED) is 0.360. The van der Waals surface area contributed by atoms with Crippen molar-refractivity contribution in [1.29, 1.82) is 0 Å². The number of carbonyl (C=O) groups is 3. The second-order valence-electron chi connectivity index (χ2n) is 3.45. The average Bonchev–Trinajstić information content (AvgIpc) is 2.29. The summed E-state index contributed by atoms with van der Waals surface area (Å²) in [6.07, 6.45) is 2.52. The minimum Gasteiger partial charge on any atom is -0.435 e. The van der Waals surface area contributed by atoms with E-state index in [1.165, 1.54) is 0 Å². The Morgan fingerprint density at radius 1 is 0.737 bits per heavy atom. The molecule has 0 saturated heterocycles. The fourth-order valence-electron chi connectivity index (χ4n) is 1.35. The Labute approximate surface area is 111 Å². The molecule has 6 heteroatoms. The van der Waals surface area contributed by atoms with Crippen molar-refractivity contribution >= 4 is 17.9 Å². The SMILES string of the molecule is C=COC(=O)CC(CC(=O)OC=C)CC(=O)OC=C. The standard InChI is InChI=1S/C13H16O6/c1-4-17-11(14)7-10(8-12(15)18-5-2)9-13(16)19-6-3/h4-6,10H,1-3,7-9H2. The lowest BCUT2D eigenvalue weighted by molar-refractivity contribution is -0.144. The molecule has 0 aliphatic carbocycles. The van der Waals surface area contributed by atoms with Gasteiger partial charge in [0.1, 0.15) is 0 Å².